The third-order valence-corrected chi connectivity index (χ3v) is 7.55. The maximum absolute atomic E-state index is 10.4. The van der Waals surface area contributed by atoms with Gasteiger partial charge in [0.05, 0.1) is 11.0 Å². The van der Waals surface area contributed by atoms with Crippen molar-refractivity contribution in [2.45, 2.75) is 54.1 Å². The van der Waals surface area contributed by atoms with Gasteiger partial charge in [-0.05, 0) is 50.9 Å². The summed E-state index contributed by atoms with van der Waals surface area (Å²) in [6.07, 6.45) is 3.93. The average molecular weight is 333 g/mol. The molecular formula is C18H23NO3S. The van der Waals surface area contributed by atoms with E-state index in [1.807, 2.05) is 7.11 Å². The average Bonchev–Trinajstić information content (AvgIpc) is 2.91. The molecule has 2 aliphatic carbocycles. The number of rotatable bonds is 1. The molecule has 2 aliphatic heterocycles. The number of hydrogen-bond donors (Lipinski definition) is 2. The molecule has 5 atom stereocenters. The van der Waals surface area contributed by atoms with Gasteiger partial charge < -0.3 is 19.5 Å². The van der Waals surface area contributed by atoms with E-state index in [0.29, 0.717) is 11.8 Å². The van der Waals surface area contributed by atoms with E-state index in [4.69, 9.17) is 22.1 Å². The Bertz CT molecular complexity index is 695. The number of ether oxygens (including phenoxy) is 2. The van der Waals surface area contributed by atoms with E-state index >= 15 is 0 Å². The predicted octanol–water partition coefficient (Wildman–Crippen LogP) is 2.13. The summed E-state index contributed by atoms with van der Waals surface area (Å²) >= 11 is 4.86. The van der Waals surface area contributed by atoms with Crippen LogP contribution in [0.15, 0.2) is 12.1 Å². The lowest BCUT2D eigenvalue weighted by Crippen LogP contribution is -2.76. The molecule has 4 aliphatic rings. The lowest BCUT2D eigenvalue weighted by molar-refractivity contribution is -0.196. The highest BCUT2D eigenvalue weighted by molar-refractivity contribution is 7.81. The first-order chi connectivity index (χ1) is 11.0. The van der Waals surface area contributed by atoms with Crippen LogP contribution in [0.5, 0.6) is 11.5 Å². The molecule has 0 radical (unpaired) electrons. The summed E-state index contributed by atoms with van der Waals surface area (Å²) in [5.74, 6) is 0.952. The molecular weight excluding hydrogens is 310 g/mol. The normalized spacial score (nSPS) is 43.9. The van der Waals surface area contributed by atoms with Crippen molar-refractivity contribution in [3.8, 4) is 11.5 Å². The van der Waals surface area contributed by atoms with E-state index in [0.717, 1.165) is 32.2 Å². The van der Waals surface area contributed by atoms with Crippen molar-refractivity contribution in [1.29, 1.82) is 0 Å². The number of nitrogens with zero attached hydrogens (tertiary/aromatic N) is 1. The second kappa shape index (κ2) is 4.38. The molecule has 1 aromatic carbocycles. The highest BCUT2D eigenvalue weighted by Gasteiger charge is 2.73. The molecule has 1 saturated heterocycles. The molecule has 2 unspecified atom stereocenters. The summed E-state index contributed by atoms with van der Waals surface area (Å²) in [4.78, 5) is 2.46. The number of hydrogen-bond acceptors (Lipinski definition) is 5. The molecule has 1 saturated carbocycles. The summed E-state index contributed by atoms with van der Waals surface area (Å²) in [6.45, 7) is 1.03. The van der Waals surface area contributed by atoms with Gasteiger partial charge in [-0.3, -0.25) is 0 Å². The molecule has 4 nitrogen and oxygen atoms in total. The minimum atomic E-state index is -0.240. The quantitative estimate of drug-likeness (QED) is 0.773. The number of aromatic hydroxyl groups is 1. The van der Waals surface area contributed by atoms with Crippen molar-refractivity contribution in [3.05, 3.63) is 23.3 Å². The number of likely N-dealkylation sites (tertiary alicyclic amines) is 1. The molecule has 1 N–H and O–H groups in total. The van der Waals surface area contributed by atoms with E-state index in [9.17, 15) is 5.11 Å². The zero-order valence-electron chi connectivity index (χ0n) is 13.6. The van der Waals surface area contributed by atoms with Gasteiger partial charge >= 0.3 is 0 Å². The number of phenolic OH excluding ortho intramolecular Hbond substituents is 1. The van der Waals surface area contributed by atoms with Gasteiger partial charge in [0.2, 0.25) is 0 Å². The van der Waals surface area contributed by atoms with Crippen LogP contribution >= 0.6 is 12.6 Å². The Kier molecular flexibility index (Phi) is 2.75. The minimum absolute atomic E-state index is 0.0157. The number of methoxy groups -OCH3 is 1. The fourth-order valence-electron chi connectivity index (χ4n) is 6.11. The standard InChI is InChI=1S/C18H23NO3S/c1-19-8-7-17-14-10-3-4-11(20)15(14)22-16(17)12(23)5-6-18(17,21-2)13(19)9-10/h3-4,12-13,16,20,23H,5-9H2,1-2H3/t12?,13?,16-,17-,18+/m0/s1. The number of piperidine rings is 1. The Balaban J connectivity index is 1.86. The Morgan fingerprint density at radius 3 is 3.00 bits per heavy atom. The first-order valence-corrected chi connectivity index (χ1v) is 9.02. The van der Waals surface area contributed by atoms with E-state index < -0.39 is 0 Å². The Hall–Kier alpha value is -0.910. The first-order valence-electron chi connectivity index (χ1n) is 8.50. The smallest absolute Gasteiger partial charge is 0.165 e. The maximum atomic E-state index is 10.4. The molecule has 2 fully saturated rings. The summed E-state index contributed by atoms with van der Waals surface area (Å²) in [6, 6.07) is 4.22. The first kappa shape index (κ1) is 14.4. The number of likely N-dealkylation sites (N-methyl/N-ethyl adjacent to an activating group) is 1. The zero-order valence-corrected chi connectivity index (χ0v) is 14.5. The van der Waals surface area contributed by atoms with Crippen molar-refractivity contribution >= 4 is 12.6 Å². The Morgan fingerprint density at radius 2 is 2.22 bits per heavy atom. The van der Waals surface area contributed by atoms with Gasteiger partial charge in [-0.2, -0.15) is 12.6 Å². The molecule has 0 amide bonds. The zero-order chi connectivity index (χ0) is 16.0. The molecule has 1 spiro atoms. The third-order valence-electron chi connectivity index (χ3n) is 7.02. The van der Waals surface area contributed by atoms with E-state index in [-0.39, 0.29) is 28.1 Å². The highest BCUT2D eigenvalue weighted by Crippen LogP contribution is 2.66. The molecule has 0 aromatic heterocycles. The lowest BCUT2D eigenvalue weighted by Gasteiger charge is -2.64. The summed E-state index contributed by atoms with van der Waals surface area (Å²) in [5, 5.41) is 10.6. The van der Waals surface area contributed by atoms with Gasteiger partial charge in [-0.15, -0.1) is 0 Å². The van der Waals surface area contributed by atoms with Crippen LogP contribution in [0.4, 0.5) is 0 Å². The molecule has 5 heteroatoms. The molecule has 2 heterocycles. The van der Waals surface area contributed by atoms with Crippen LogP contribution in [0.3, 0.4) is 0 Å². The number of thiol groups is 1. The van der Waals surface area contributed by atoms with Gasteiger partial charge in [0.1, 0.15) is 6.10 Å². The van der Waals surface area contributed by atoms with Crippen LogP contribution in [0.25, 0.3) is 0 Å². The van der Waals surface area contributed by atoms with Crippen LogP contribution < -0.4 is 4.74 Å². The second-order valence-electron chi connectivity index (χ2n) is 7.61. The molecule has 1 aromatic rings. The van der Waals surface area contributed by atoms with Crippen LogP contribution in [0.2, 0.25) is 0 Å². The highest BCUT2D eigenvalue weighted by atomic mass is 32.1. The van der Waals surface area contributed by atoms with Gasteiger partial charge in [-0.25, -0.2) is 0 Å². The summed E-state index contributed by atoms with van der Waals surface area (Å²) in [5.41, 5.74) is 2.11. The van der Waals surface area contributed by atoms with Gasteiger partial charge in [0, 0.05) is 24.0 Å². The molecule has 5 rings (SSSR count). The third kappa shape index (κ3) is 1.40. The van der Waals surface area contributed by atoms with Gasteiger partial charge in [-0.1, -0.05) is 6.07 Å². The topological polar surface area (TPSA) is 41.9 Å². The van der Waals surface area contributed by atoms with E-state index in [1.165, 1.54) is 11.1 Å². The number of phenols is 1. The summed E-state index contributed by atoms with van der Waals surface area (Å²) < 4.78 is 12.7. The monoisotopic (exact) mass is 333 g/mol. The van der Waals surface area contributed by atoms with E-state index in [2.05, 4.69) is 18.0 Å². The van der Waals surface area contributed by atoms with E-state index in [1.54, 1.807) is 6.07 Å². The fraction of sp³-hybridized carbons (Fsp3) is 0.667. The van der Waals surface area contributed by atoms with Gasteiger partial charge in [0.25, 0.3) is 0 Å². The Labute approximate surface area is 142 Å². The largest absolute Gasteiger partial charge is 0.504 e. The SMILES string of the molecule is CO[C@@]12CCC(S)[C@@H]3Oc4c(O)ccc5c4[C@@]31CCN(C)C2C5. The second-order valence-corrected chi connectivity index (χ2v) is 8.27. The molecule has 2 bridgehead atoms. The minimum Gasteiger partial charge on any atom is -0.504 e. The van der Waals surface area contributed by atoms with Crippen molar-refractivity contribution in [3.63, 3.8) is 0 Å². The van der Waals surface area contributed by atoms with Gasteiger partial charge in [0.15, 0.2) is 11.5 Å². The molecule has 124 valence electrons. The number of benzene rings is 1. The lowest BCUT2D eigenvalue weighted by atomic mass is 9.49. The Morgan fingerprint density at radius 1 is 1.39 bits per heavy atom. The van der Waals surface area contributed by atoms with Crippen molar-refractivity contribution in [1.82, 2.24) is 4.90 Å². The van der Waals surface area contributed by atoms with Crippen molar-refractivity contribution in [2.24, 2.45) is 0 Å². The predicted molar refractivity (Wildman–Crippen MR) is 90.7 cm³/mol. The maximum Gasteiger partial charge on any atom is 0.165 e. The van der Waals surface area contributed by atoms with Crippen LogP contribution in [-0.4, -0.2) is 53.7 Å². The van der Waals surface area contributed by atoms with Crippen molar-refractivity contribution in [2.75, 3.05) is 20.7 Å². The van der Waals surface area contributed by atoms with Crippen molar-refractivity contribution < 1.29 is 14.6 Å². The summed E-state index contributed by atoms with van der Waals surface area (Å²) in [7, 11) is 4.07. The van der Waals surface area contributed by atoms with Crippen LogP contribution in [-0.2, 0) is 16.6 Å². The van der Waals surface area contributed by atoms with Crippen LogP contribution in [0.1, 0.15) is 30.4 Å². The van der Waals surface area contributed by atoms with Crippen LogP contribution in [0, 0.1) is 0 Å². The fourth-order valence-corrected chi connectivity index (χ4v) is 6.56. The molecule has 23 heavy (non-hydrogen) atoms.